The summed E-state index contributed by atoms with van der Waals surface area (Å²) in [6, 6.07) is 0. The Morgan fingerprint density at radius 1 is 1.64 bits per heavy atom. The van der Waals surface area contributed by atoms with Crippen LogP contribution in [-0.4, -0.2) is 13.5 Å². The molecule has 0 atom stereocenters. The van der Waals surface area contributed by atoms with Gasteiger partial charge in [-0.15, -0.1) is 0 Å². The maximum atomic E-state index is 10.00. The lowest BCUT2D eigenvalue weighted by Crippen LogP contribution is -2.09. The third-order valence-electron chi connectivity index (χ3n) is 1.09. The van der Waals surface area contributed by atoms with E-state index in [0.29, 0.717) is 17.9 Å². The Hall–Kier alpha value is -0.900. The van der Waals surface area contributed by atoms with Crippen LogP contribution in [-0.2, 0) is 9.53 Å². The summed E-state index contributed by atoms with van der Waals surface area (Å²) in [5.74, 6) is 0.590. The van der Waals surface area contributed by atoms with E-state index in [1.165, 1.54) is 12.5 Å². The fraction of sp³-hybridized carbons (Fsp3) is 0.286. The lowest BCUT2D eigenvalue weighted by Gasteiger charge is -2.04. The van der Waals surface area contributed by atoms with Crippen LogP contribution in [0.5, 0.6) is 0 Å². The van der Waals surface area contributed by atoms with Crippen LogP contribution in [0.2, 0.25) is 0 Å². The van der Waals surface area contributed by atoms with Crippen molar-refractivity contribution in [3.63, 3.8) is 0 Å². The fourth-order valence-corrected chi connectivity index (χ4v) is 0.709. The molecule has 0 unspecified atom stereocenters. The van der Waals surface area contributed by atoms with Gasteiger partial charge in [0.05, 0.1) is 12.8 Å². The van der Waals surface area contributed by atoms with E-state index in [1.807, 2.05) is 0 Å². The largest absolute Gasteiger partial charge is 0.495 e. The van der Waals surface area contributed by atoms with E-state index in [1.54, 1.807) is 13.0 Å². The standard InChI is InChI=1S/C7H11NO2S/c1-6(8-5-9)7(10-2)3-4-11/h3-5,11H,1-2H3,(H,8,9)/b4-3+,7-6-. The quantitative estimate of drug-likeness (QED) is 0.289. The zero-order chi connectivity index (χ0) is 8.69. The molecule has 0 aromatic rings. The van der Waals surface area contributed by atoms with Crippen molar-refractivity contribution in [1.29, 1.82) is 0 Å². The number of hydrogen-bond donors (Lipinski definition) is 2. The molecule has 0 fully saturated rings. The molecule has 0 saturated carbocycles. The first-order valence-corrected chi connectivity index (χ1v) is 3.53. The predicted octanol–water partition coefficient (Wildman–Crippen LogP) is 1.05. The molecule has 0 aromatic carbocycles. The summed E-state index contributed by atoms with van der Waals surface area (Å²) in [7, 11) is 1.53. The molecule has 4 heteroatoms. The normalized spacial score (nSPS) is 12.6. The number of methoxy groups -OCH3 is 1. The number of amides is 1. The smallest absolute Gasteiger partial charge is 0.211 e. The number of hydrogen-bond acceptors (Lipinski definition) is 3. The van der Waals surface area contributed by atoms with E-state index >= 15 is 0 Å². The number of carbonyl (C=O) groups excluding carboxylic acids is 1. The molecule has 0 aromatic heterocycles. The Morgan fingerprint density at radius 2 is 2.27 bits per heavy atom. The van der Waals surface area contributed by atoms with Crippen LogP contribution in [0.25, 0.3) is 0 Å². The van der Waals surface area contributed by atoms with Gasteiger partial charge in [-0.25, -0.2) is 0 Å². The Kier molecular flexibility index (Phi) is 5.37. The second-order valence-electron chi connectivity index (χ2n) is 1.77. The number of allylic oxidation sites excluding steroid dienone is 2. The minimum Gasteiger partial charge on any atom is -0.495 e. The van der Waals surface area contributed by atoms with E-state index in [-0.39, 0.29) is 0 Å². The molecule has 0 aliphatic carbocycles. The molecule has 62 valence electrons. The van der Waals surface area contributed by atoms with Gasteiger partial charge in [0.15, 0.2) is 0 Å². The first kappa shape index (κ1) is 10.1. The van der Waals surface area contributed by atoms with Crippen LogP contribution < -0.4 is 5.32 Å². The highest BCUT2D eigenvalue weighted by Crippen LogP contribution is 2.03. The molecule has 0 bridgehead atoms. The average Bonchev–Trinajstić information content (AvgIpc) is 2.00. The Labute approximate surface area is 71.5 Å². The van der Waals surface area contributed by atoms with Crippen molar-refractivity contribution in [2.75, 3.05) is 7.11 Å². The summed E-state index contributed by atoms with van der Waals surface area (Å²) in [6.45, 7) is 1.74. The molecule has 0 radical (unpaired) electrons. The third kappa shape index (κ3) is 3.72. The van der Waals surface area contributed by atoms with Gasteiger partial charge in [-0.3, -0.25) is 4.79 Å². The molecule has 11 heavy (non-hydrogen) atoms. The van der Waals surface area contributed by atoms with E-state index in [2.05, 4.69) is 17.9 Å². The molecular weight excluding hydrogens is 162 g/mol. The fourth-order valence-electron chi connectivity index (χ4n) is 0.573. The molecule has 0 saturated heterocycles. The first-order valence-electron chi connectivity index (χ1n) is 3.02. The van der Waals surface area contributed by atoms with Crippen molar-refractivity contribution in [3.8, 4) is 0 Å². The molecular formula is C7H11NO2S. The second-order valence-corrected chi connectivity index (χ2v) is 2.07. The summed E-state index contributed by atoms with van der Waals surface area (Å²) in [5, 5.41) is 4.01. The number of ether oxygens (including phenoxy) is 1. The highest BCUT2D eigenvalue weighted by molar-refractivity contribution is 7.83. The van der Waals surface area contributed by atoms with E-state index < -0.39 is 0 Å². The highest BCUT2D eigenvalue weighted by Gasteiger charge is 1.95. The second kappa shape index (κ2) is 5.85. The summed E-state index contributed by atoms with van der Waals surface area (Å²) >= 11 is 3.87. The Balaban J connectivity index is 4.38. The minimum atomic E-state index is 0.590. The van der Waals surface area contributed by atoms with Crippen LogP contribution >= 0.6 is 12.6 Å². The Bertz CT molecular complexity index is 187. The van der Waals surface area contributed by atoms with Crippen molar-refractivity contribution < 1.29 is 9.53 Å². The van der Waals surface area contributed by atoms with Gasteiger partial charge >= 0.3 is 0 Å². The van der Waals surface area contributed by atoms with Crippen LogP contribution in [0.3, 0.4) is 0 Å². The summed E-state index contributed by atoms with van der Waals surface area (Å²) in [5.41, 5.74) is 0.660. The van der Waals surface area contributed by atoms with E-state index in [0.717, 1.165) is 0 Å². The van der Waals surface area contributed by atoms with Crippen molar-refractivity contribution in [2.24, 2.45) is 0 Å². The number of nitrogens with one attached hydrogen (secondary N) is 1. The van der Waals surface area contributed by atoms with Gasteiger partial charge < -0.3 is 10.1 Å². The molecule has 3 nitrogen and oxygen atoms in total. The maximum Gasteiger partial charge on any atom is 0.211 e. The van der Waals surface area contributed by atoms with Crippen molar-refractivity contribution >= 4 is 19.0 Å². The van der Waals surface area contributed by atoms with Crippen molar-refractivity contribution in [3.05, 3.63) is 22.9 Å². The number of rotatable bonds is 4. The zero-order valence-corrected chi connectivity index (χ0v) is 7.39. The summed E-state index contributed by atoms with van der Waals surface area (Å²) < 4.78 is 4.93. The topological polar surface area (TPSA) is 38.3 Å². The zero-order valence-electron chi connectivity index (χ0n) is 6.50. The lowest BCUT2D eigenvalue weighted by atomic mass is 10.4. The van der Waals surface area contributed by atoms with Gasteiger partial charge in [0.1, 0.15) is 5.76 Å². The SMILES string of the molecule is COC(/C=C/S)=C(/C)NC=O. The van der Waals surface area contributed by atoms with Gasteiger partial charge in [-0.2, -0.15) is 12.6 Å². The molecule has 1 amide bonds. The monoisotopic (exact) mass is 173 g/mol. The van der Waals surface area contributed by atoms with Gasteiger partial charge in [0, 0.05) is 0 Å². The number of thiol groups is 1. The molecule has 0 aliphatic heterocycles. The Morgan fingerprint density at radius 3 is 2.64 bits per heavy atom. The average molecular weight is 173 g/mol. The lowest BCUT2D eigenvalue weighted by molar-refractivity contribution is -0.109. The van der Waals surface area contributed by atoms with Gasteiger partial charge in [-0.1, -0.05) is 0 Å². The van der Waals surface area contributed by atoms with Gasteiger partial charge in [0.2, 0.25) is 6.41 Å². The first-order chi connectivity index (χ1) is 5.26. The molecule has 0 aliphatic rings. The number of carbonyl (C=O) groups is 1. The van der Waals surface area contributed by atoms with E-state index in [4.69, 9.17) is 4.74 Å². The molecule has 1 N–H and O–H groups in total. The van der Waals surface area contributed by atoms with Crippen LogP contribution in [0.15, 0.2) is 22.9 Å². The molecule has 0 heterocycles. The van der Waals surface area contributed by atoms with Crippen LogP contribution in [0.1, 0.15) is 6.92 Å². The van der Waals surface area contributed by atoms with Crippen molar-refractivity contribution in [2.45, 2.75) is 6.92 Å². The summed E-state index contributed by atoms with van der Waals surface area (Å²) in [4.78, 5) is 10.00. The predicted molar refractivity (Wildman–Crippen MR) is 47.0 cm³/mol. The maximum absolute atomic E-state index is 10.00. The summed E-state index contributed by atoms with van der Waals surface area (Å²) in [6.07, 6.45) is 2.25. The highest BCUT2D eigenvalue weighted by atomic mass is 32.1. The van der Waals surface area contributed by atoms with Gasteiger partial charge in [-0.05, 0) is 18.4 Å². The van der Waals surface area contributed by atoms with Gasteiger partial charge in [0.25, 0.3) is 0 Å². The minimum absolute atomic E-state index is 0.590. The van der Waals surface area contributed by atoms with E-state index in [9.17, 15) is 4.79 Å². The third-order valence-corrected chi connectivity index (χ3v) is 1.24. The van der Waals surface area contributed by atoms with Crippen molar-refractivity contribution in [1.82, 2.24) is 5.32 Å². The molecule has 0 rings (SSSR count). The molecule has 0 spiro atoms. The van der Waals surface area contributed by atoms with Crippen LogP contribution in [0, 0.1) is 0 Å². The van der Waals surface area contributed by atoms with Crippen LogP contribution in [0.4, 0.5) is 0 Å².